The number of ether oxygens (including phenoxy) is 2. The van der Waals surface area contributed by atoms with Gasteiger partial charge < -0.3 is 24.8 Å². The number of imidazole rings is 1. The minimum Gasteiger partial charge on any atom is -0.461 e. The highest BCUT2D eigenvalue weighted by Gasteiger charge is 2.15. The Bertz CT molecular complexity index is 1320. The van der Waals surface area contributed by atoms with Crippen molar-refractivity contribution < 1.29 is 9.47 Å². The highest BCUT2D eigenvalue weighted by molar-refractivity contribution is 5.81. The molecule has 0 unspecified atom stereocenters. The molecule has 0 saturated heterocycles. The topological polar surface area (TPSA) is 130 Å². The van der Waals surface area contributed by atoms with E-state index in [2.05, 4.69) is 15.0 Å². The summed E-state index contributed by atoms with van der Waals surface area (Å²) in [5.74, 6) is 0.130. The number of nitrogen functional groups attached to an aromatic ring is 1. The van der Waals surface area contributed by atoms with E-state index in [1.54, 1.807) is 23.9 Å². The molecule has 0 bridgehead atoms. The number of H-pyrrole nitrogens is 1. The summed E-state index contributed by atoms with van der Waals surface area (Å²) in [5, 5.41) is 0. The van der Waals surface area contributed by atoms with Gasteiger partial charge in [0.2, 0.25) is 0 Å². The molecule has 0 spiro atoms. The van der Waals surface area contributed by atoms with E-state index in [1.165, 1.54) is 10.6 Å². The third kappa shape index (κ3) is 4.48. The molecule has 4 aromatic rings. The molecule has 4 rings (SSSR count). The lowest BCUT2D eigenvalue weighted by atomic mass is 10.1. The van der Waals surface area contributed by atoms with Crippen molar-refractivity contribution in [1.29, 1.82) is 0 Å². The second-order valence-electron chi connectivity index (χ2n) is 6.93. The fourth-order valence-corrected chi connectivity index (χ4v) is 3.26. The van der Waals surface area contributed by atoms with Crippen LogP contribution in [0.1, 0.15) is 11.1 Å². The minimum atomic E-state index is -0.352. The molecule has 3 heterocycles. The average molecular weight is 422 g/mol. The summed E-state index contributed by atoms with van der Waals surface area (Å²) in [5.41, 5.74) is 8.09. The first-order valence-electron chi connectivity index (χ1n) is 9.66. The molecule has 0 saturated carbocycles. The zero-order chi connectivity index (χ0) is 21.8. The number of rotatable bonds is 8. The lowest BCUT2D eigenvalue weighted by Crippen LogP contribution is -2.19. The Morgan fingerprint density at radius 1 is 1.03 bits per heavy atom. The van der Waals surface area contributed by atoms with Crippen LogP contribution < -0.4 is 21.7 Å². The number of pyridine rings is 1. The van der Waals surface area contributed by atoms with Crippen molar-refractivity contribution >= 4 is 17.0 Å². The molecular formula is C21H22N6O4. The molecule has 0 radical (unpaired) electrons. The van der Waals surface area contributed by atoms with E-state index >= 15 is 0 Å². The molecule has 0 aliphatic rings. The molecule has 3 N–H and O–H groups in total. The van der Waals surface area contributed by atoms with Gasteiger partial charge in [-0.3, -0.25) is 9.36 Å². The van der Waals surface area contributed by atoms with Gasteiger partial charge in [0.05, 0.1) is 19.7 Å². The van der Waals surface area contributed by atoms with Crippen LogP contribution in [0.2, 0.25) is 0 Å². The first-order valence-corrected chi connectivity index (χ1v) is 9.66. The van der Waals surface area contributed by atoms with Crippen LogP contribution in [0.4, 0.5) is 5.82 Å². The lowest BCUT2D eigenvalue weighted by Gasteiger charge is -2.09. The lowest BCUT2D eigenvalue weighted by molar-refractivity contribution is 0.141. The molecule has 10 heteroatoms. The van der Waals surface area contributed by atoms with E-state index in [0.29, 0.717) is 24.3 Å². The summed E-state index contributed by atoms with van der Waals surface area (Å²) in [6, 6.07) is 12.8. The van der Waals surface area contributed by atoms with E-state index in [9.17, 15) is 9.59 Å². The van der Waals surface area contributed by atoms with Gasteiger partial charge in [0.1, 0.15) is 12.1 Å². The Labute approximate surface area is 176 Å². The van der Waals surface area contributed by atoms with Gasteiger partial charge in [-0.2, -0.15) is 9.97 Å². The van der Waals surface area contributed by atoms with Gasteiger partial charge >= 0.3 is 11.7 Å². The molecule has 160 valence electrons. The fraction of sp³-hybridized carbons (Fsp3) is 0.238. The van der Waals surface area contributed by atoms with Crippen LogP contribution in [0.15, 0.2) is 58.3 Å². The van der Waals surface area contributed by atoms with Crippen molar-refractivity contribution in [3.63, 3.8) is 0 Å². The third-order valence-corrected chi connectivity index (χ3v) is 4.73. The van der Waals surface area contributed by atoms with Crippen molar-refractivity contribution in [3.8, 4) is 6.01 Å². The van der Waals surface area contributed by atoms with Crippen molar-refractivity contribution in [2.75, 3.05) is 26.1 Å². The summed E-state index contributed by atoms with van der Waals surface area (Å²) in [6.45, 7) is 1.34. The van der Waals surface area contributed by atoms with Crippen molar-refractivity contribution in [2.45, 2.75) is 13.1 Å². The van der Waals surface area contributed by atoms with Gasteiger partial charge in [0.15, 0.2) is 11.5 Å². The molecule has 10 nitrogen and oxygen atoms in total. The number of anilines is 1. The maximum absolute atomic E-state index is 12.6. The first kappa shape index (κ1) is 20.4. The molecule has 0 fully saturated rings. The Kier molecular flexibility index (Phi) is 5.80. The highest BCUT2D eigenvalue weighted by atomic mass is 16.5. The second-order valence-corrected chi connectivity index (χ2v) is 6.93. The number of hydrogen-bond acceptors (Lipinski definition) is 7. The van der Waals surface area contributed by atoms with Crippen molar-refractivity contribution in [3.05, 3.63) is 80.6 Å². The standard InChI is InChI=1S/C21H22N6O4/c1-30-9-10-31-20-24-18(22)17-19(25-20)27(21(29)23-17)13-15-6-4-5-14(11-15)12-26-8-3-2-7-16(26)28/h2-8,11H,9-10,12-13H2,1H3,(H,23,29)(H2,22,24,25). The summed E-state index contributed by atoms with van der Waals surface area (Å²) >= 11 is 0. The fourth-order valence-electron chi connectivity index (χ4n) is 3.26. The number of benzene rings is 1. The number of hydrogen-bond donors (Lipinski definition) is 2. The van der Waals surface area contributed by atoms with Gasteiger partial charge in [-0.05, 0) is 17.2 Å². The number of nitrogens with one attached hydrogen (secondary N) is 1. The van der Waals surface area contributed by atoms with Crippen molar-refractivity contribution in [1.82, 2.24) is 24.1 Å². The van der Waals surface area contributed by atoms with Gasteiger partial charge in [0, 0.05) is 19.4 Å². The van der Waals surface area contributed by atoms with E-state index in [1.807, 2.05) is 30.3 Å². The smallest absolute Gasteiger partial charge is 0.328 e. The monoisotopic (exact) mass is 422 g/mol. The van der Waals surface area contributed by atoms with Crippen molar-refractivity contribution in [2.24, 2.45) is 0 Å². The molecular weight excluding hydrogens is 400 g/mol. The molecule has 31 heavy (non-hydrogen) atoms. The summed E-state index contributed by atoms with van der Waals surface area (Å²) in [7, 11) is 1.56. The van der Waals surface area contributed by atoms with Crippen LogP contribution in [0.3, 0.4) is 0 Å². The predicted octanol–water partition coefficient (Wildman–Crippen LogP) is 0.985. The Morgan fingerprint density at radius 3 is 2.61 bits per heavy atom. The molecule has 3 aromatic heterocycles. The van der Waals surface area contributed by atoms with Crippen LogP contribution in [0.5, 0.6) is 6.01 Å². The summed E-state index contributed by atoms with van der Waals surface area (Å²) in [4.78, 5) is 35.7. The minimum absolute atomic E-state index is 0.0751. The number of nitrogens with two attached hydrogens (primary N) is 1. The zero-order valence-electron chi connectivity index (χ0n) is 16.9. The quantitative estimate of drug-likeness (QED) is 0.405. The van der Waals surface area contributed by atoms with E-state index in [-0.39, 0.29) is 36.2 Å². The van der Waals surface area contributed by atoms with E-state index < -0.39 is 0 Å². The highest BCUT2D eigenvalue weighted by Crippen LogP contribution is 2.19. The Morgan fingerprint density at radius 2 is 1.84 bits per heavy atom. The Balaban J connectivity index is 1.64. The molecule has 0 amide bonds. The van der Waals surface area contributed by atoms with Crippen LogP contribution in [0.25, 0.3) is 11.2 Å². The summed E-state index contributed by atoms with van der Waals surface area (Å²) in [6.07, 6.45) is 1.74. The molecule has 0 aliphatic carbocycles. The molecule has 1 aromatic carbocycles. The largest absolute Gasteiger partial charge is 0.461 e. The Hall–Kier alpha value is -3.92. The first-order chi connectivity index (χ1) is 15.0. The average Bonchev–Trinajstić information content (AvgIpc) is 3.06. The van der Waals surface area contributed by atoms with Crippen LogP contribution in [0, 0.1) is 0 Å². The summed E-state index contributed by atoms with van der Waals surface area (Å²) < 4.78 is 13.5. The number of aromatic amines is 1. The number of fused-ring (bicyclic) bond motifs is 1. The van der Waals surface area contributed by atoms with Gasteiger partial charge in [-0.15, -0.1) is 0 Å². The van der Waals surface area contributed by atoms with Gasteiger partial charge in [0.25, 0.3) is 5.56 Å². The maximum Gasteiger partial charge on any atom is 0.328 e. The maximum atomic E-state index is 12.6. The molecule has 0 atom stereocenters. The number of nitrogens with zero attached hydrogens (tertiary/aromatic N) is 4. The molecule has 0 aliphatic heterocycles. The normalized spacial score (nSPS) is 11.1. The SMILES string of the molecule is COCCOc1nc(N)c2[nH]c(=O)n(Cc3cccc(Cn4ccccc4=O)c3)c2n1. The van der Waals surface area contributed by atoms with Crippen LogP contribution >= 0.6 is 0 Å². The van der Waals surface area contributed by atoms with E-state index in [4.69, 9.17) is 15.2 Å². The number of aromatic nitrogens is 5. The van der Waals surface area contributed by atoms with Crippen LogP contribution in [-0.4, -0.2) is 44.4 Å². The van der Waals surface area contributed by atoms with Crippen LogP contribution in [-0.2, 0) is 17.8 Å². The number of methoxy groups -OCH3 is 1. The zero-order valence-corrected chi connectivity index (χ0v) is 16.9. The second kappa shape index (κ2) is 8.84. The van der Waals surface area contributed by atoms with Gasteiger partial charge in [-0.25, -0.2) is 4.79 Å². The van der Waals surface area contributed by atoms with E-state index in [0.717, 1.165) is 11.1 Å². The third-order valence-electron chi connectivity index (χ3n) is 4.73. The van der Waals surface area contributed by atoms with Gasteiger partial charge in [-0.1, -0.05) is 30.3 Å². The predicted molar refractivity (Wildman–Crippen MR) is 115 cm³/mol.